The van der Waals surface area contributed by atoms with Crippen molar-refractivity contribution in [1.82, 2.24) is 0 Å². The first-order valence-electron chi connectivity index (χ1n) is 13.7. The zero-order valence-corrected chi connectivity index (χ0v) is 23.5. The maximum Gasteiger partial charge on any atom is 0.203 e. The van der Waals surface area contributed by atoms with Gasteiger partial charge in [-0.1, -0.05) is 47.5 Å². The summed E-state index contributed by atoms with van der Waals surface area (Å²) in [5, 5.41) is 45.5. The Morgan fingerprint density at radius 1 is 1.08 bits per heavy atom. The van der Waals surface area contributed by atoms with Crippen molar-refractivity contribution in [1.29, 1.82) is 0 Å². The summed E-state index contributed by atoms with van der Waals surface area (Å²) in [6.07, 6.45) is 2.90. The van der Waals surface area contributed by atoms with E-state index in [2.05, 4.69) is 0 Å². The van der Waals surface area contributed by atoms with E-state index in [1.807, 2.05) is 6.92 Å². The number of fused-ring (bicyclic) bond motifs is 3. The summed E-state index contributed by atoms with van der Waals surface area (Å²) in [5.41, 5.74) is -5.43. The number of aliphatic hydroxyl groups is 3. The van der Waals surface area contributed by atoms with Gasteiger partial charge < -0.3 is 20.4 Å². The number of hydrogen-bond acceptors (Lipinski definition) is 8. The van der Waals surface area contributed by atoms with Gasteiger partial charge in [-0.2, -0.15) is 0 Å². The molecule has 0 saturated heterocycles. The summed E-state index contributed by atoms with van der Waals surface area (Å²) in [7, 11) is 0. The maximum atomic E-state index is 14.3. The number of phenols is 1. The summed E-state index contributed by atoms with van der Waals surface area (Å²) < 4.78 is 0. The number of carbonyl (C=O) groups excluding carboxylic acids is 4. The van der Waals surface area contributed by atoms with Gasteiger partial charge in [-0.3, -0.25) is 19.2 Å². The predicted molar refractivity (Wildman–Crippen MR) is 144 cm³/mol. The van der Waals surface area contributed by atoms with E-state index < -0.39 is 62.7 Å². The third-order valence-electron chi connectivity index (χ3n) is 9.20. The van der Waals surface area contributed by atoms with Crippen molar-refractivity contribution in [2.24, 2.45) is 22.7 Å². The third kappa shape index (κ3) is 3.82. The number of aromatic hydroxyl groups is 1. The highest BCUT2D eigenvalue weighted by atomic mass is 16.3. The molecule has 0 amide bonds. The lowest BCUT2D eigenvalue weighted by Gasteiger charge is -2.59. The second-order valence-electron chi connectivity index (χ2n) is 12.3. The Bertz CT molecular complexity index is 1360. The first kappa shape index (κ1) is 28.7. The van der Waals surface area contributed by atoms with Gasteiger partial charge in [0.15, 0.2) is 23.0 Å². The number of allylic oxidation sites excluding steroid dienone is 1. The van der Waals surface area contributed by atoms with Crippen molar-refractivity contribution in [2.75, 3.05) is 0 Å². The van der Waals surface area contributed by atoms with Crippen LogP contribution in [0, 0.1) is 22.7 Å². The van der Waals surface area contributed by atoms with E-state index in [4.69, 9.17) is 0 Å². The largest absolute Gasteiger partial charge is 0.508 e. The van der Waals surface area contributed by atoms with Gasteiger partial charge in [0.25, 0.3) is 0 Å². The molecule has 3 aliphatic carbocycles. The molecule has 1 fully saturated rings. The van der Waals surface area contributed by atoms with Crippen molar-refractivity contribution in [3.05, 3.63) is 45.7 Å². The number of Topliss-reactive ketones (excluding diaryl/α,β-unsaturated/α-hetero) is 4. The van der Waals surface area contributed by atoms with Crippen LogP contribution in [0.2, 0.25) is 0 Å². The van der Waals surface area contributed by atoms with Crippen LogP contribution in [0.1, 0.15) is 95.1 Å². The highest BCUT2D eigenvalue weighted by Crippen LogP contribution is 2.65. The number of unbranched alkanes of at least 4 members (excludes halogenated alkanes) is 2. The van der Waals surface area contributed by atoms with Gasteiger partial charge in [0, 0.05) is 34.3 Å². The van der Waals surface area contributed by atoms with Crippen molar-refractivity contribution < 1.29 is 39.6 Å². The van der Waals surface area contributed by atoms with Crippen LogP contribution in [-0.2, 0) is 20.8 Å². The Hall–Kier alpha value is -3.26. The monoisotopic (exact) mass is 538 g/mol. The van der Waals surface area contributed by atoms with Gasteiger partial charge in [0.1, 0.15) is 22.8 Å². The first-order valence-corrected chi connectivity index (χ1v) is 13.7. The third-order valence-corrected chi connectivity index (χ3v) is 9.20. The molecule has 1 aromatic carbocycles. The second-order valence-corrected chi connectivity index (χ2v) is 12.3. The molecule has 39 heavy (non-hydrogen) atoms. The van der Waals surface area contributed by atoms with Crippen molar-refractivity contribution in [2.45, 2.75) is 85.7 Å². The van der Waals surface area contributed by atoms with Crippen LogP contribution >= 0.6 is 0 Å². The van der Waals surface area contributed by atoms with Crippen molar-refractivity contribution >= 4 is 28.9 Å². The molecule has 0 heterocycles. The lowest BCUT2D eigenvalue weighted by atomic mass is 9.43. The van der Waals surface area contributed by atoms with Crippen LogP contribution < -0.4 is 0 Å². The van der Waals surface area contributed by atoms with Crippen LogP contribution in [0.15, 0.2) is 29.0 Å². The van der Waals surface area contributed by atoms with E-state index in [0.29, 0.717) is 24.0 Å². The molecule has 4 rings (SSSR count). The average molecular weight is 539 g/mol. The van der Waals surface area contributed by atoms with E-state index in [-0.39, 0.29) is 35.5 Å². The normalized spacial score (nSPS) is 30.3. The molecule has 210 valence electrons. The topological polar surface area (TPSA) is 149 Å². The minimum Gasteiger partial charge on any atom is -0.508 e. The van der Waals surface area contributed by atoms with E-state index in [0.717, 1.165) is 19.8 Å². The fraction of sp³-hybridized carbons (Fsp3) is 0.548. The summed E-state index contributed by atoms with van der Waals surface area (Å²) in [5.74, 6) is -5.83. The molecule has 1 aromatic rings. The SMILES string of the molecule is CCCCCC(=O)c1ccc(O)c2c1C[C@]1(C)C[C@]3(C)C(C(C)C)C(=O)C(C(C)=O)=C(O)[C@]3(O)C(=O)C1=C2O. The summed E-state index contributed by atoms with van der Waals surface area (Å²) in [6.45, 7) is 9.93. The molecule has 8 nitrogen and oxygen atoms in total. The van der Waals surface area contributed by atoms with Crippen LogP contribution in [-0.4, -0.2) is 49.2 Å². The standard InChI is InChI=1S/C31H38O8/c1-7-8-9-10-19(33)17-11-12-20(34)22-18(17)13-29(5)14-30(6)23(15(2)3)25(35)21(16(4)32)27(37)31(30,39)28(38)24(29)26(22)36/h11-12,15,23,34,36-37,39H,7-10,13-14H2,1-6H3/t23?,29-,30-,31+/m1/s1. The molecule has 0 bridgehead atoms. The Labute approximate surface area is 228 Å². The Kier molecular flexibility index (Phi) is 6.95. The van der Waals surface area contributed by atoms with E-state index in [9.17, 15) is 39.6 Å². The van der Waals surface area contributed by atoms with Gasteiger partial charge in [-0.25, -0.2) is 0 Å². The number of carbonyl (C=O) groups is 4. The predicted octanol–water partition coefficient (Wildman–Crippen LogP) is 4.95. The molecular weight excluding hydrogens is 500 g/mol. The van der Waals surface area contributed by atoms with E-state index in [1.165, 1.54) is 12.1 Å². The van der Waals surface area contributed by atoms with Gasteiger partial charge in [0.2, 0.25) is 5.78 Å². The van der Waals surface area contributed by atoms with Crippen LogP contribution in [0.3, 0.4) is 0 Å². The molecular formula is C31H38O8. The number of aliphatic hydroxyl groups excluding tert-OH is 2. The zero-order valence-electron chi connectivity index (χ0n) is 23.5. The Balaban J connectivity index is 2.00. The Morgan fingerprint density at radius 2 is 1.72 bits per heavy atom. The lowest BCUT2D eigenvalue weighted by molar-refractivity contribution is -0.178. The van der Waals surface area contributed by atoms with Crippen LogP contribution in [0.25, 0.3) is 5.76 Å². The smallest absolute Gasteiger partial charge is 0.203 e. The highest BCUT2D eigenvalue weighted by Gasteiger charge is 2.72. The zero-order chi connectivity index (χ0) is 29.2. The minimum absolute atomic E-state index is 0.00989. The molecule has 0 radical (unpaired) electrons. The number of phenolic OH excluding ortho intramolecular Hbond substituents is 1. The molecule has 1 unspecified atom stereocenters. The van der Waals surface area contributed by atoms with Crippen molar-refractivity contribution in [3.8, 4) is 5.75 Å². The van der Waals surface area contributed by atoms with Gasteiger partial charge in [0.05, 0.1) is 5.56 Å². The summed E-state index contributed by atoms with van der Waals surface area (Å²) in [6, 6.07) is 2.83. The molecule has 0 aliphatic heterocycles. The number of hydrogen-bond donors (Lipinski definition) is 4. The average Bonchev–Trinajstić information content (AvgIpc) is 2.81. The van der Waals surface area contributed by atoms with Crippen molar-refractivity contribution in [3.63, 3.8) is 0 Å². The Morgan fingerprint density at radius 3 is 2.28 bits per heavy atom. The van der Waals surface area contributed by atoms with Crippen LogP contribution in [0.4, 0.5) is 0 Å². The molecule has 8 heteroatoms. The van der Waals surface area contributed by atoms with Crippen LogP contribution in [0.5, 0.6) is 5.75 Å². The molecule has 4 atom stereocenters. The fourth-order valence-corrected chi connectivity index (χ4v) is 7.65. The van der Waals surface area contributed by atoms with E-state index in [1.54, 1.807) is 27.7 Å². The quantitative estimate of drug-likeness (QED) is 0.216. The number of benzene rings is 1. The molecule has 3 aliphatic rings. The number of rotatable bonds is 7. The summed E-state index contributed by atoms with van der Waals surface area (Å²) >= 11 is 0. The molecule has 1 saturated carbocycles. The molecule has 4 N–H and O–H groups in total. The first-order chi connectivity index (χ1) is 18.1. The fourth-order valence-electron chi connectivity index (χ4n) is 7.65. The summed E-state index contributed by atoms with van der Waals surface area (Å²) in [4.78, 5) is 53.5. The highest BCUT2D eigenvalue weighted by molar-refractivity contribution is 6.24. The van der Waals surface area contributed by atoms with E-state index >= 15 is 0 Å². The second kappa shape index (κ2) is 9.44. The molecule has 0 aromatic heterocycles. The minimum atomic E-state index is -2.65. The number of ketones is 4. The van der Waals surface area contributed by atoms with Gasteiger partial charge in [-0.05, 0) is 49.8 Å². The molecule has 0 spiro atoms. The maximum absolute atomic E-state index is 14.3. The van der Waals surface area contributed by atoms with Gasteiger partial charge >= 0.3 is 0 Å². The lowest BCUT2D eigenvalue weighted by Crippen LogP contribution is -2.69. The van der Waals surface area contributed by atoms with Gasteiger partial charge in [-0.15, -0.1) is 0 Å².